The Morgan fingerprint density at radius 2 is 2.35 bits per heavy atom. The second-order valence-electron chi connectivity index (χ2n) is 4.92. The van der Waals surface area contributed by atoms with E-state index in [-0.39, 0.29) is 5.95 Å². The number of aromatic nitrogens is 4. The second-order valence-corrected chi connectivity index (χ2v) is 6.14. The molecule has 0 bridgehead atoms. The number of ether oxygens (including phenoxy) is 1. The number of halogens is 2. The molecule has 2 aromatic rings. The van der Waals surface area contributed by atoms with E-state index in [1.165, 1.54) is 10.9 Å². The number of anilines is 1. The fraction of sp³-hybridized carbons (Fsp3) is 0.417. The molecule has 4 atom stereocenters. The first-order chi connectivity index (χ1) is 10.9. The van der Waals surface area contributed by atoms with Crippen molar-refractivity contribution in [3.63, 3.8) is 0 Å². The molecule has 0 spiro atoms. The van der Waals surface area contributed by atoms with Crippen LogP contribution in [0, 0.1) is 15.9 Å². The number of nitrogens with one attached hydrogen (secondary N) is 1. The summed E-state index contributed by atoms with van der Waals surface area (Å²) >= 11 is 17.1. The van der Waals surface area contributed by atoms with Gasteiger partial charge in [0.1, 0.15) is 22.4 Å². The summed E-state index contributed by atoms with van der Waals surface area (Å²) in [5.74, 6) is 2.61. The summed E-state index contributed by atoms with van der Waals surface area (Å²) in [6, 6.07) is 0. The topological polar surface area (TPSA) is 122 Å². The molecule has 1 aliphatic rings. The van der Waals surface area contributed by atoms with Crippen molar-refractivity contribution in [1.82, 2.24) is 19.5 Å². The lowest BCUT2D eigenvalue weighted by molar-refractivity contribution is -0.0436. The van der Waals surface area contributed by atoms with E-state index in [1.54, 1.807) is 0 Å². The molecule has 0 aliphatic carbocycles. The zero-order valence-electron chi connectivity index (χ0n) is 11.4. The highest BCUT2D eigenvalue weighted by atomic mass is 35.5. The number of aromatic amines is 1. The van der Waals surface area contributed by atoms with Crippen LogP contribution in [0.3, 0.4) is 0 Å². The first-order valence-electron chi connectivity index (χ1n) is 6.40. The van der Waals surface area contributed by atoms with E-state index >= 15 is 0 Å². The minimum Gasteiger partial charge on any atom is -0.394 e. The number of aliphatic hydroxyl groups is 2. The number of alkyl halides is 1. The Bertz CT molecular complexity index is 875. The number of nitrogen functional groups attached to an aromatic ring is 1. The third kappa shape index (κ3) is 2.48. The molecule has 23 heavy (non-hydrogen) atoms. The Kier molecular flexibility index (Phi) is 4.22. The van der Waals surface area contributed by atoms with Gasteiger partial charge >= 0.3 is 0 Å². The van der Waals surface area contributed by atoms with Crippen LogP contribution in [0.1, 0.15) is 6.23 Å². The summed E-state index contributed by atoms with van der Waals surface area (Å²) in [6.07, 6.45) is -1.83. The molecule has 1 aliphatic heterocycles. The van der Waals surface area contributed by atoms with Crippen LogP contribution in [0.2, 0.25) is 0 Å². The molecule has 3 rings (SSSR count). The van der Waals surface area contributed by atoms with Gasteiger partial charge in [-0.25, -0.2) is 4.98 Å². The van der Waals surface area contributed by atoms with Gasteiger partial charge in [-0.3, -0.25) is 4.57 Å². The molecule has 11 heteroatoms. The van der Waals surface area contributed by atoms with E-state index in [0.717, 1.165) is 0 Å². The van der Waals surface area contributed by atoms with Crippen molar-refractivity contribution >= 4 is 52.5 Å². The zero-order chi connectivity index (χ0) is 16.8. The summed E-state index contributed by atoms with van der Waals surface area (Å²) in [4.78, 5) is 9.37. The quantitative estimate of drug-likeness (QED) is 0.342. The Hall–Kier alpha value is -1.41. The number of aliphatic hydroxyl groups excluding tert-OH is 2. The average Bonchev–Trinajstić information content (AvgIpc) is 3.01. The largest absolute Gasteiger partial charge is 0.394 e. The Morgan fingerprint density at radius 1 is 1.61 bits per heavy atom. The van der Waals surface area contributed by atoms with Gasteiger partial charge in [0, 0.05) is 5.38 Å². The van der Waals surface area contributed by atoms with E-state index in [4.69, 9.17) is 45.9 Å². The fourth-order valence-electron chi connectivity index (χ4n) is 2.49. The summed E-state index contributed by atoms with van der Waals surface area (Å²) in [6.45, 7) is -0.446. The highest BCUT2D eigenvalue weighted by Gasteiger charge is 2.56. The number of hydrogen-bond acceptors (Lipinski definition) is 7. The monoisotopic (exact) mass is 375 g/mol. The van der Waals surface area contributed by atoms with Crippen molar-refractivity contribution in [3.05, 3.63) is 11.0 Å². The summed E-state index contributed by atoms with van der Waals surface area (Å²) in [5, 5.41) is 21.8. The minimum absolute atomic E-state index is 0.0881. The second kappa shape index (κ2) is 5.90. The molecule has 0 saturated carbocycles. The van der Waals surface area contributed by atoms with Crippen LogP contribution in [0.4, 0.5) is 5.95 Å². The summed E-state index contributed by atoms with van der Waals surface area (Å²) < 4.78 is 7.37. The molecular weight excluding hydrogens is 365 g/mol. The van der Waals surface area contributed by atoms with Crippen molar-refractivity contribution in [1.29, 1.82) is 0 Å². The van der Waals surface area contributed by atoms with E-state index < -0.39 is 29.9 Å². The van der Waals surface area contributed by atoms with E-state index in [0.29, 0.717) is 15.8 Å². The number of nitrogens with zero attached hydrogens (tertiary/aromatic N) is 3. The molecule has 122 valence electrons. The van der Waals surface area contributed by atoms with Crippen molar-refractivity contribution in [2.45, 2.75) is 23.3 Å². The standard InChI is InChI=1S/C12H11Cl2N5O3S/c13-2-1-12(14)7(21)5(3-20)22-10(12)19-4-16-6-8(19)17-11(15)18-9(6)23/h4-5,7,10,20-21H,3H2,(H3,15,17,18,23)/t5-,7?,10-,12-/m1/s1. The van der Waals surface area contributed by atoms with Crippen LogP contribution in [-0.2, 0) is 4.74 Å². The smallest absolute Gasteiger partial charge is 0.200 e. The third-order valence-corrected chi connectivity index (χ3v) is 4.46. The highest BCUT2D eigenvalue weighted by molar-refractivity contribution is 7.71. The Labute approximate surface area is 145 Å². The fourth-order valence-corrected chi connectivity index (χ4v) is 3.29. The first kappa shape index (κ1) is 16.4. The van der Waals surface area contributed by atoms with Gasteiger partial charge in [-0.2, -0.15) is 4.98 Å². The normalized spacial score (nSPS) is 30.3. The van der Waals surface area contributed by atoms with Gasteiger partial charge < -0.3 is 25.7 Å². The lowest BCUT2D eigenvalue weighted by atomic mass is 9.99. The predicted molar refractivity (Wildman–Crippen MR) is 86.3 cm³/mol. The molecule has 0 radical (unpaired) electrons. The highest BCUT2D eigenvalue weighted by Crippen LogP contribution is 2.44. The number of rotatable bonds is 2. The van der Waals surface area contributed by atoms with Gasteiger partial charge in [0.05, 0.1) is 12.9 Å². The minimum atomic E-state index is -1.60. The summed E-state index contributed by atoms with van der Waals surface area (Å²) in [7, 11) is 0. The molecule has 5 N–H and O–H groups in total. The van der Waals surface area contributed by atoms with E-state index in [2.05, 4.69) is 26.3 Å². The molecule has 1 fully saturated rings. The van der Waals surface area contributed by atoms with Crippen LogP contribution in [0.15, 0.2) is 6.33 Å². The first-order valence-corrected chi connectivity index (χ1v) is 7.57. The molecule has 8 nitrogen and oxygen atoms in total. The summed E-state index contributed by atoms with van der Waals surface area (Å²) in [5.41, 5.74) is 6.37. The number of hydrogen-bond donors (Lipinski definition) is 4. The van der Waals surface area contributed by atoms with Crippen LogP contribution >= 0.6 is 35.4 Å². The van der Waals surface area contributed by atoms with Crippen molar-refractivity contribution in [2.24, 2.45) is 0 Å². The van der Waals surface area contributed by atoms with Crippen molar-refractivity contribution < 1.29 is 14.9 Å². The van der Waals surface area contributed by atoms with Gasteiger partial charge in [0.25, 0.3) is 0 Å². The van der Waals surface area contributed by atoms with Gasteiger partial charge in [0.2, 0.25) is 5.95 Å². The van der Waals surface area contributed by atoms with Gasteiger partial charge in [-0.1, -0.05) is 29.7 Å². The maximum Gasteiger partial charge on any atom is 0.200 e. The Balaban J connectivity index is 2.20. The van der Waals surface area contributed by atoms with Crippen molar-refractivity contribution in [2.75, 3.05) is 12.3 Å². The Morgan fingerprint density at radius 3 is 3.00 bits per heavy atom. The SMILES string of the molecule is Nc1nc2c(ncn2[C@@H]2O[C@H](CO)C(O)[C@]2(Cl)C#CCl)c(=S)[nH]1. The van der Waals surface area contributed by atoms with E-state index in [9.17, 15) is 10.2 Å². The molecule has 0 amide bonds. The molecular formula is C12H11Cl2N5O3S. The van der Waals surface area contributed by atoms with Crippen LogP contribution in [-0.4, -0.2) is 53.4 Å². The van der Waals surface area contributed by atoms with Gasteiger partial charge in [0.15, 0.2) is 16.7 Å². The molecule has 2 aromatic heterocycles. The van der Waals surface area contributed by atoms with Crippen molar-refractivity contribution in [3.8, 4) is 11.3 Å². The number of H-pyrrole nitrogens is 1. The average molecular weight is 376 g/mol. The molecule has 0 aromatic carbocycles. The molecule has 3 heterocycles. The lowest BCUT2D eigenvalue weighted by Gasteiger charge is -2.25. The number of fused-ring (bicyclic) bond motifs is 1. The lowest BCUT2D eigenvalue weighted by Crippen LogP contribution is -2.41. The molecule has 1 saturated heterocycles. The number of nitrogens with two attached hydrogens (primary N) is 1. The van der Waals surface area contributed by atoms with Crippen LogP contribution < -0.4 is 5.73 Å². The third-order valence-electron chi connectivity index (χ3n) is 3.57. The van der Waals surface area contributed by atoms with Gasteiger partial charge in [-0.15, -0.1) is 0 Å². The molecule has 1 unspecified atom stereocenters. The number of imidazole rings is 1. The van der Waals surface area contributed by atoms with Gasteiger partial charge in [-0.05, 0) is 11.6 Å². The van der Waals surface area contributed by atoms with Crippen LogP contribution in [0.25, 0.3) is 11.2 Å². The van der Waals surface area contributed by atoms with Crippen LogP contribution in [0.5, 0.6) is 0 Å². The van der Waals surface area contributed by atoms with E-state index in [1.807, 2.05) is 0 Å². The maximum atomic E-state index is 10.3. The predicted octanol–water partition coefficient (Wildman–Crippen LogP) is 0.499. The maximum absolute atomic E-state index is 10.3. The zero-order valence-corrected chi connectivity index (χ0v) is 13.7.